The lowest BCUT2D eigenvalue weighted by Crippen LogP contribution is -2.52. The van der Waals surface area contributed by atoms with E-state index in [9.17, 15) is 19.2 Å². The number of nitrogens with zero attached hydrogens (tertiary/aromatic N) is 2. The van der Waals surface area contributed by atoms with Crippen LogP contribution < -0.4 is 10.2 Å². The second kappa shape index (κ2) is 6.15. The first kappa shape index (κ1) is 17.4. The molecular formula is C21H23N3O4. The molecule has 3 fully saturated rings. The van der Waals surface area contributed by atoms with Crippen LogP contribution in [0.2, 0.25) is 0 Å². The van der Waals surface area contributed by atoms with Crippen molar-refractivity contribution in [2.24, 2.45) is 5.41 Å². The molecule has 1 N–H and O–H groups in total. The van der Waals surface area contributed by atoms with Crippen LogP contribution >= 0.6 is 0 Å². The highest BCUT2D eigenvalue weighted by Gasteiger charge is 2.45. The van der Waals surface area contributed by atoms with Crippen molar-refractivity contribution in [2.75, 3.05) is 18.0 Å². The number of fused-ring (bicyclic) bond motifs is 1. The number of benzene rings is 1. The topological polar surface area (TPSA) is 86.8 Å². The lowest BCUT2D eigenvalue weighted by Gasteiger charge is -2.47. The monoisotopic (exact) mass is 381 g/mol. The molecule has 4 aliphatic rings. The van der Waals surface area contributed by atoms with E-state index in [2.05, 4.69) is 10.2 Å². The maximum atomic E-state index is 13.0. The predicted molar refractivity (Wildman–Crippen MR) is 101 cm³/mol. The van der Waals surface area contributed by atoms with Crippen LogP contribution in [0.15, 0.2) is 18.2 Å². The molecule has 7 heteroatoms. The summed E-state index contributed by atoms with van der Waals surface area (Å²) in [4.78, 5) is 51.8. The Kier molecular flexibility index (Phi) is 3.82. The first-order chi connectivity index (χ1) is 13.4. The van der Waals surface area contributed by atoms with E-state index in [-0.39, 0.29) is 29.6 Å². The molecule has 1 aliphatic carbocycles. The number of hydrogen-bond donors (Lipinski definition) is 1. The van der Waals surface area contributed by atoms with Gasteiger partial charge in [0.05, 0.1) is 0 Å². The number of ketones is 1. The number of carbonyl (C=O) groups excluding carboxylic acids is 4. The molecule has 1 saturated carbocycles. The van der Waals surface area contributed by atoms with Crippen LogP contribution in [0.1, 0.15) is 54.4 Å². The van der Waals surface area contributed by atoms with Crippen molar-refractivity contribution in [3.63, 3.8) is 0 Å². The molecule has 1 aromatic carbocycles. The average Bonchev–Trinajstić information content (AvgIpc) is 2.97. The van der Waals surface area contributed by atoms with E-state index in [1.807, 2.05) is 18.2 Å². The molecule has 1 aromatic rings. The van der Waals surface area contributed by atoms with Gasteiger partial charge in [-0.3, -0.25) is 24.5 Å². The molecular weight excluding hydrogens is 358 g/mol. The van der Waals surface area contributed by atoms with E-state index < -0.39 is 6.04 Å². The minimum atomic E-state index is -0.577. The summed E-state index contributed by atoms with van der Waals surface area (Å²) in [5.41, 5.74) is 2.83. The van der Waals surface area contributed by atoms with Gasteiger partial charge in [-0.2, -0.15) is 0 Å². The van der Waals surface area contributed by atoms with E-state index in [1.165, 1.54) is 0 Å². The first-order valence-electron chi connectivity index (χ1n) is 9.98. The van der Waals surface area contributed by atoms with Crippen molar-refractivity contribution in [2.45, 2.75) is 51.1 Å². The van der Waals surface area contributed by atoms with Gasteiger partial charge in [-0.1, -0.05) is 6.07 Å². The van der Waals surface area contributed by atoms with Crippen LogP contribution in [0.25, 0.3) is 0 Å². The molecule has 3 heterocycles. The fraction of sp³-hybridized carbons (Fsp3) is 0.524. The summed E-state index contributed by atoms with van der Waals surface area (Å²) in [5, 5.41) is 2.33. The molecule has 0 aromatic heterocycles. The molecule has 1 spiro atoms. The molecule has 1 unspecified atom stereocenters. The standard InChI is InChI=1S/C21H23N3O4/c25-15-10-21(11-15)5-7-23(8-6-21)14-2-1-13-12-24(20(28)16(13)9-14)17-3-4-18(26)22-19(17)27/h1-2,9,17H,3-8,10-12H2,(H,22,26,27). The highest BCUT2D eigenvalue weighted by atomic mass is 16.2. The van der Waals surface area contributed by atoms with Crippen LogP contribution in [-0.4, -0.2) is 47.5 Å². The number of hydrogen-bond acceptors (Lipinski definition) is 5. The summed E-state index contributed by atoms with van der Waals surface area (Å²) in [6.45, 7) is 2.21. The Hall–Kier alpha value is -2.70. The highest BCUT2D eigenvalue weighted by molar-refractivity contribution is 6.05. The Morgan fingerprint density at radius 2 is 1.79 bits per heavy atom. The van der Waals surface area contributed by atoms with Crippen LogP contribution in [0.3, 0.4) is 0 Å². The molecule has 28 heavy (non-hydrogen) atoms. The fourth-order valence-electron chi connectivity index (χ4n) is 5.12. The van der Waals surface area contributed by atoms with Crippen molar-refractivity contribution in [3.05, 3.63) is 29.3 Å². The summed E-state index contributed by atoms with van der Waals surface area (Å²) >= 11 is 0. The predicted octanol–water partition coefficient (Wildman–Crippen LogP) is 1.40. The molecule has 7 nitrogen and oxygen atoms in total. The minimum Gasteiger partial charge on any atom is -0.371 e. The van der Waals surface area contributed by atoms with Crippen molar-refractivity contribution < 1.29 is 19.2 Å². The van der Waals surface area contributed by atoms with Crippen LogP contribution in [-0.2, 0) is 20.9 Å². The Labute approximate surface area is 163 Å². The van der Waals surface area contributed by atoms with Gasteiger partial charge in [0.2, 0.25) is 11.8 Å². The molecule has 1 atom stereocenters. The maximum Gasteiger partial charge on any atom is 0.255 e. The number of Topliss-reactive ketones (excluding diaryl/α,β-unsaturated/α-hetero) is 1. The zero-order valence-corrected chi connectivity index (χ0v) is 15.7. The van der Waals surface area contributed by atoms with Gasteiger partial charge in [0.25, 0.3) is 5.91 Å². The molecule has 0 bridgehead atoms. The van der Waals surface area contributed by atoms with Gasteiger partial charge in [-0.25, -0.2) is 0 Å². The molecule has 146 valence electrons. The van der Waals surface area contributed by atoms with Crippen LogP contribution in [0.4, 0.5) is 5.69 Å². The van der Waals surface area contributed by atoms with Crippen LogP contribution in [0.5, 0.6) is 0 Å². The number of nitrogens with one attached hydrogen (secondary N) is 1. The zero-order valence-electron chi connectivity index (χ0n) is 15.7. The molecule has 5 rings (SSSR count). The van der Waals surface area contributed by atoms with Crippen molar-refractivity contribution >= 4 is 29.2 Å². The van der Waals surface area contributed by atoms with Gasteiger partial charge in [0.1, 0.15) is 11.8 Å². The highest BCUT2D eigenvalue weighted by Crippen LogP contribution is 2.47. The lowest BCUT2D eigenvalue weighted by molar-refractivity contribution is -0.137. The maximum absolute atomic E-state index is 13.0. The Balaban J connectivity index is 1.31. The average molecular weight is 381 g/mol. The number of carbonyl (C=O) groups is 4. The van der Waals surface area contributed by atoms with Gasteiger partial charge in [-0.15, -0.1) is 0 Å². The number of amides is 3. The molecule has 2 saturated heterocycles. The van der Waals surface area contributed by atoms with Gasteiger partial charge >= 0.3 is 0 Å². The van der Waals surface area contributed by atoms with E-state index in [0.717, 1.165) is 50.0 Å². The number of piperidine rings is 2. The molecule has 3 aliphatic heterocycles. The summed E-state index contributed by atoms with van der Waals surface area (Å²) in [6.07, 6.45) is 4.14. The fourth-order valence-corrected chi connectivity index (χ4v) is 5.12. The Morgan fingerprint density at radius 1 is 1.04 bits per heavy atom. The third-order valence-corrected chi connectivity index (χ3v) is 6.85. The summed E-state index contributed by atoms with van der Waals surface area (Å²) in [7, 11) is 0. The van der Waals surface area contributed by atoms with Gasteiger partial charge < -0.3 is 9.80 Å². The van der Waals surface area contributed by atoms with Crippen molar-refractivity contribution in [3.8, 4) is 0 Å². The molecule has 3 amide bonds. The Bertz CT molecular complexity index is 891. The van der Waals surface area contributed by atoms with Crippen molar-refractivity contribution in [1.82, 2.24) is 10.2 Å². The third kappa shape index (κ3) is 2.72. The minimum absolute atomic E-state index is 0.135. The van der Waals surface area contributed by atoms with Crippen molar-refractivity contribution in [1.29, 1.82) is 0 Å². The van der Waals surface area contributed by atoms with E-state index in [4.69, 9.17) is 0 Å². The second-order valence-corrected chi connectivity index (χ2v) is 8.62. The first-order valence-corrected chi connectivity index (χ1v) is 9.98. The molecule has 0 radical (unpaired) electrons. The second-order valence-electron chi connectivity index (χ2n) is 8.62. The van der Waals surface area contributed by atoms with E-state index >= 15 is 0 Å². The lowest BCUT2D eigenvalue weighted by atomic mass is 9.62. The number of rotatable bonds is 2. The normalized spacial score (nSPS) is 26.4. The Morgan fingerprint density at radius 3 is 2.46 bits per heavy atom. The third-order valence-electron chi connectivity index (χ3n) is 6.85. The van der Waals surface area contributed by atoms with Gasteiger partial charge in [-0.05, 0) is 42.4 Å². The number of anilines is 1. The zero-order chi connectivity index (χ0) is 19.5. The SMILES string of the molecule is O=C1CC2(CCN(c3ccc4c(c3)C(=O)N(C3CCC(=O)NC3=O)C4)CC2)C1. The van der Waals surface area contributed by atoms with E-state index in [1.54, 1.807) is 4.90 Å². The number of imide groups is 1. The van der Waals surface area contributed by atoms with E-state index in [0.29, 0.717) is 24.3 Å². The van der Waals surface area contributed by atoms with Gasteiger partial charge in [0.15, 0.2) is 0 Å². The quantitative estimate of drug-likeness (QED) is 0.783. The summed E-state index contributed by atoms with van der Waals surface area (Å²) in [5.74, 6) is -0.410. The summed E-state index contributed by atoms with van der Waals surface area (Å²) in [6, 6.07) is 5.38. The largest absolute Gasteiger partial charge is 0.371 e. The smallest absolute Gasteiger partial charge is 0.255 e. The van der Waals surface area contributed by atoms with Gasteiger partial charge in [0, 0.05) is 50.1 Å². The van der Waals surface area contributed by atoms with Crippen LogP contribution in [0, 0.1) is 5.41 Å². The summed E-state index contributed by atoms with van der Waals surface area (Å²) < 4.78 is 0.